The van der Waals surface area contributed by atoms with E-state index in [-0.39, 0.29) is 64.5 Å². The van der Waals surface area contributed by atoms with Gasteiger partial charge in [0.15, 0.2) is 0 Å². The van der Waals surface area contributed by atoms with Crippen LogP contribution < -0.4 is 26.7 Å². The molecule has 0 aromatic heterocycles. The molecule has 38 heavy (non-hydrogen) atoms. The Bertz CT molecular complexity index is 871. The lowest BCUT2D eigenvalue weighted by atomic mass is 9.70. The number of alkyl halides is 4. The van der Waals surface area contributed by atoms with Crippen molar-refractivity contribution in [2.24, 2.45) is 17.8 Å². The lowest BCUT2D eigenvalue weighted by molar-refractivity contribution is -0.134. The summed E-state index contributed by atoms with van der Waals surface area (Å²) < 4.78 is 31.8. The van der Waals surface area contributed by atoms with E-state index in [9.17, 15) is 18.4 Å². The van der Waals surface area contributed by atoms with Gasteiger partial charge in [-0.1, -0.05) is 0 Å². The number of rotatable bonds is 6. The highest BCUT2D eigenvalue weighted by Crippen LogP contribution is 2.38. The van der Waals surface area contributed by atoms with Crippen LogP contribution in [0.25, 0.3) is 0 Å². The third kappa shape index (κ3) is 6.06. The summed E-state index contributed by atoms with van der Waals surface area (Å²) in [5.41, 5.74) is 2.15. The molecule has 15 heteroatoms. The molecular formula is C23H37Cl2F2N7O3S. The highest BCUT2D eigenvalue weighted by atomic mass is 35.5. The van der Waals surface area contributed by atoms with Crippen molar-refractivity contribution in [1.29, 1.82) is 0 Å². The van der Waals surface area contributed by atoms with E-state index < -0.39 is 18.0 Å². The van der Waals surface area contributed by atoms with Crippen LogP contribution in [0, 0.1) is 17.8 Å². The number of carbonyl (C=O) groups is 2. The molecule has 0 bridgehead atoms. The summed E-state index contributed by atoms with van der Waals surface area (Å²) >= 11 is 14.2. The number of halogens is 4. The average Bonchev–Trinajstić information content (AvgIpc) is 3.56. The number of nitrogens with zero attached hydrogens (tertiary/aromatic N) is 2. The van der Waals surface area contributed by atoms with E-state index in [4.69, 9.17) is 27.9 Å². The zero-order valence-corrected chi connectivity index (χ0v) is 23.7. The van der Waals surface area contributed by atoms with Gasteiger partial charge in [-0.15, -0.1) is 35.0 Å². The van der Waals surface area contributed by atoms with Crippen LogP contribution in [0.5, 0.6) is 0 Å². The number of hydrazine groups is 1. The highest BCUT2D eigenvalue weighted by molar-refractivity contribution is 8.00. The molecule has 0 spiro atoms. The van der Waals surface area contributed by atoms with Crippen LogP contribution >= 0.6 is 35.0 Å². The van der Waals surface area contributed by atoms with Crippen molar-refractivity contribution in [3.63, 3.8) is 0 Å². The number of amides is 2. The maximum absolute atomic E-state index is 13.5. The van der Waals surface area contributed by atoms with Gasteiger partial charge in [0.25, 0.3) is 0 Å². The number of likely N-dealkylation sites (tertiary alicyclic amines) is 1. The molecule has 2 amide bonds. The number of nitrogens with one attached hydrogen (secondary N) is 5. The largest absolute Gasteiger partial charge is 0.380 e. The van der Waals surface area contributed by atoms with Crippen molar-refractivity contribution in [1.82, 2.24) is 36.6 Å². The number of hydrogen-bond donors (Lipinski definition) is 5. The van der Waals surface area contributed by atoms with Crippen LogP contribution in [0.4, 0.5) is 8.78 Å². The summed E-state index contributed by atoms with van der Waals surface area (Å²) in [7, 11) is 1.71. The first-order valence-electron chi connectivity index (χ1n) is 13.2. The molecule has 5 aliphatic heterocycles. The molecule has 0 aromatic rings. The molecule has 11 atom stereocenters. The molecule has 5 rings (SSSR count). The molecule has 0 aromatic carbocycles. The Kier molecular flexibility index (Phi) is 9.28. The number of thioether (sulfide) groups is 1. The lowest BCUT2D eigenvalue weighted by Gasteiger charge is -2.45. The van der Waals surface area contributed by atoms with Gasteiger partial charge in [0.05, 0.1) is 22.9 Å². The number of hydrogen-bond acceptors (Lipinski definition) is 9. The number of carbonyl (C=O) groups excluding carboxylic acids is 2. The second-order valence-corrected chi connectivity index (χ2v) is 13.4. The zero-order chi connectivity index (χ0) is 27.1. The lowest BCUT2D eigenvalue weighted by Crippen LogP contribution is -2.57. The predicted molar refractivity (Wildman–Crippen MR) is 142 cm³/mol. The second kappa shape index (κ2) is 12.2. The van der Waals surface area contributed by atoms with E-state index in [2.05, 4.69) is 33.6 Å². The summed E-state index contributed by atoms with van der Waals surface area (Å²) in [5.74, 6) is -0.150. The van der Waals surface area contributed by atoms with Crippen molar-refractivity contribution in [2.75, 3.05) is 39.8 Å². The molecular weight excluding hydrogens is 563 g/mol. The zero-order valence-electron chi connectivity index (χ0n) is 21.4. The molecule has 216 valence electrons. The third-order valence-electron chi connectivity index (χ3n) is 8.58. The van der Waals surface area contributed by atoms with Gasteiger partial charge in [0.1, 0.15) is 11.5 Å². The maximum atomic E-state index is 13.5. The fourth-order valence-corrected chi connectivity index (χ4v) is 8.61. The minimum absolute atomic E-state index is 0.000887. The van der Waals surface area contributed by atoms with Crippen molar-refractivity contribution < 1.29 is 23.1 Å². The van der Waals surface area contributed by atoms with E-state index in [1.807, 2.05) is 0 Å². The number of ether oxygens (including phenoxy) is 1. The van der Waals surface area contributed by atoms with Crippen LogP contribution in [0.2, 0.25) is 0 Å². The van der Waals surface area contributed by atoms with Crippen molar-refractivity contribution >= 4 is 46.8 Å². The Morgan fingerprint density at radius 1 is 1.11 bits per heavy atom. The minimum Gasteiger partial charge on any atom is -0.380 e. The van der Waals surface area contributed by atoms with Crippen molar-refractivity contribution in [3.05, 3.63) is 0 Å². The fraction of sp³-hybridized carbons (Fsp3) is 0.913. The average molecular weight is 601 g/mol. The van der Waals surface area contributed by atoms with Gasteiger partial charge in [-0.3, -0.25) is 20.2 Å². The Hall–Kier alpha value is -0.510. The molecule has 5 heterocycles. The fourth-order valence-electron chi connectivity index (χ4n) is 6.59. The van der Waals surface area contributed by atoms with Crippen LogP contribution in [0.15, 0.2) is 0 Å². The monoisotopic (exact) mass is 599 g/mol. The summed E-state index contributed by atoms with van der Waals surface area (Å²) in [5, 5.41) is 13.4. The predicted octanol–water partition coefficient (Wildman–Crippen LogP) is 0.124. The normalized spacial score (nSPS) is 44.0. The number of methoxy groups -OCH3 is 1. The standard InChI is InChI=1S/C23H37Cl2F2N7O3S/c1-10-3-11(12-4-18(25)29-6-16(12)37-2)13(5-28-10)20(35)31-23-30-15-8-33(9-17(15)38-23)21(36)19-14(24)7-34(32-19)22(26)27/h10-19,22-23,28-30,32H,3-9H2,1-2H3,(H,31,35). The van der Waals surface area contributed by atoms with Gasteiger partial charge in [-0.05, 0) is 31.6 Å². The highest BCUT2D eigenvalue weighted by Gasteiger charge is 2.49. The quantitative estimate of drug-likeness (QED) is 0.215. The summed E-state index contributed by atoms with van der Waals surface area (Å²) in [6.45, 7) is 1.50. The number of fused-ring (bicyclic) bond motifs is 1. The van der Waals surface area contributed by atoms with Gasteiger partial charge < -0.3 is 20.3 Å². The summed E-state index contributed by atoms with van der Waals surface area (Å²) in [4.78, 5) is 28.2. The summed E-state index contributed by atoms with van der Waals surface area (Å²) in [6.07, 6.45) is 1.63. The SMILES string of the molecule is COC1CNC(Cl)CC1C1CC(C)NCC1C(=O)NC1NC2CN(C(=O)C3NN(C(F)F)CC3Cl)CC2S1. The van der Waals surface area contributed by atoms with Crippen molar-refractivity contribution in [3.8, 4) is 0 Å². The second-order valence-electron chi connectivity index (χ2n) is 11.0. The molecule has 5 fully saturated rings. The van der Waals surface area contributed by atoms with Gasteiger partial charge in [-0.2, -0.15) is 13.8 Å². The van der Waals surface area contributed by atoms with Gasteiger partial charge in [-0.25, -0.2) is 5.43 Å². The molecule has 0 saturated carbocycles. The first-order chi connectivity index (χ1) is 18.1. The maximum Gasteiger partial charge on any atom is 0.306 e. The topological polar surface area (TPSA) is 110 Å². The Morgan fingerprint density at radius 2 is 1.89 bits per heavy atom. The first-order valence-corrected chi connectivity index (χ1v) is 15.1. The van der Waals surface area contributed by atoms with E-state index in [1.165, 1.54) is 0 Å². The first kappa shape index (κ1) is 29.0. The van der Waals surface area contributed by atoms with Crippen LogP contribution in [0.1, 0.15) is 19.8 Å². The smallest absolute Gasteiger partial charge is 0.306 e. The summed E-state index contributed by atoms with van der Waals surface area (Å²) in [6, 6.07) is -0.571. The van der Waals surface area contributed by atoms with Crippen LogP contribution in [-0.2, 0) is 14.3 Å². The molecule has 10 nitrogen and oxygen atoms in total. The van der Waals surface area contributed by atoms with Crippen LogP contribution in [0.3, 0.4) is 0 Å². The van der Waals surface area contributed by atoms with Crippen LogP contribution in [-0.4, -0.2) is 114 Å². The van der Waals surface area contributed by atoms with Gasteiger partial charge in [0.2, 0.25) is 11.8 Å². The van der Waals surface area contributed by atoms with Gasteiger partial charge >= 0.3 is 6.55 Å². The van der Waals surface area contributed by atoms with E-state index in [1.54, 1.807) is 23.8 Å². The van der Waals surface area contributed by atoms with Crippen molar-refractivity contribution in [2.45, 2.75) is 72.2 Å². The molecule has 5 saturated heterocycles. The molecule has 5 N–H and O–H groups in total. The minimum atomic E-state index is -2.72. The van der Waals surface area contributed by atoms with Gasteiger partial charge in [0, 0.05) is 57.2 Å². The number of piperidine rings is 2. The van der Waals surface area contributed by atoms with E-state index >= 15 is 0 Å². The molecule has 5 aliphatic rings. The molecule has 11 unspecified atom stereocenters. The molecule has 0 aliphatic carbocycles. The molecule has 0 radical (unpaired) electrons. The Labute approximate surface area is 235 Å². The Balaban J connectivity index is 1.16. The van der Waals surface area contributed by atoms with E-state index in [0.717, 1.165) is 12.8 Å². The van der Waals surface area contributed by atoms with E-state index in [0.29, 0.717) is 37.2 Å². The third-order valence-corrected chi connectivity index (χ3v) is 10.7. The Morgan fingerprint density at radius 3 is 2.58 bits per heavy atom.